The average Bonchev–Trinajstić information content (AvgIpc) is 2.77. The summed E-state index contributed by atoms with van der Waals surface area (Å²) >= 11 is 0. The van der Waals surface area contributed by atoms with Gasteiger partial charge in [0.2, 0.25) is 5.91 Å². The number of amides is 1. The van der Waals surface area contributed by atoms with Gasteiger partial charge in [0.15, 0.2) is 0 Å². The summed E-state index contributed by atoms with van der Waals surface area (Å²) in [4.78, 5) is 22.0. The zero-order valence-electron chi connectivity index (χ0n) is 10.8. The van der Waals surface area contributed by atoms with Crippen molar-refractivity contribution in [1.82, 2.24) is 10.6 Å². The van der Waals surface area contributed by atoms with Gasteiger partial charge in [-0.25, -0.2) is 0 Å². The summed E-state index contributed by atoms with van der Waals surface area (Å²) < 4.78 is 0. The van der Waals surface area contributed by atoms with E-state index in [1.54, 1.807) is 0 Å². The first-order valence-electron chi connectivity index (χ1n) is 6.38. The standard InChI is InChI=1S/C14H18N2O3/c1-9(17)16-12(6-7-13(18)19)14-11-5-3-2-4-10(11)8-15-14/h2-5,12,14-15H,6-8H2,1H3,(H,16,17)(H,18,19). The Morgan fingerprint density at radius 1 is 1.47 bits per heavy atom. The average molecular weight is 262 g/mol. The molecule has 5 heteroatoms. The highest BCUT2D eigenvalue weighted by atomic mass is 16.4. The first-order chi connectivity index (χ1) is 9.08. The van der Waals surface area contributed by atoms with Crippen LogP contribution >= 0.6 is 0 Å². The van der Waals surface area contributed by atoms with Crippen LogP contribution in [0.4, 0.5) is 0 Å². The number of hydrogen-bond donors (Lipinski definition) is 3. The van der Waals surface area contributed by atoms with E-state index in [1.807, 2.05) is 24.3 Å². The molecule has 0 radical (unpaired) electrons. The molecule has 1 amide bonds. The molecular weight excluding hydrogens is 244 g/mol. The Kier molecular flexibility index (Phi) is 4.16. The number of rotatable bonds is 5. The number of fused-ring (bicyclic) bond motifs is 1. The minimum atomic E-state index is -0.846. The third-order valence-electron chi connectivity index (χ3n) is 3.36. The zero-order valence-corrected chi connectivity index (χ0v) is 10.8. The molecule has 0 fully saturated rings. The summed E-state index contributed by atoms with van der Waals surface area (Å²) in [5.41, 5.74) is 2.35. The second-order valence-corrected chi connectivity index (χ2v) is 4.80. The van der Waals surface area contributed by atoms with E-state index >= 15 is 0 Å². The summed E-state index contributed by atoms with van der Waals surface area (Å²) in [6.07, 6.45) is 0.464. The molecule has 5 nitrogen and oxygen atoms in total. The van der Waals surface area contributed by atoms with E-state index in [2.05, 4.69) is 10.6 Å². The van der Waals surface area contributed by atoms with Crippen LogP contribution in [0.5, 0.6) is 0 Å². The Balaban J connectivity index is 2.14. The van der Waals surface area contributed by atoms with Gasteiger partial charge in [-0.1, -0.05) is 24.3 Å². The largest absolute Gasteiger partial charge is 0.481 e. The minimum Gasteiger partial charge on any atom is -0.481 e. The molecule has 2 rings (SSSR count). The van der Waals surface area contributed by atoms with Gasteiger partial charge < -0.3 is 15.7 Å². The smallest absolute Gasteiger partial charge is 0.303 e. The van der Waals surface area contributed by atoms with Crippen LogP contribution in [0.1, 0.15) is 36.9 Å². The molecule has 1 heterocycles. The fourth-order valence-corrected chi connectivity index (χ4v) is 2.55. The highest BCUT2D eigenvalue weighted by molar-refractivity contribution is 5.73. The number of aliphatic carboxylic acids is 1. The number of carbonyl (C=O) groups excluding carboxylic acids is 1. The van der Waals surface area contributed by atoms with E-state index < -0.39 is 5.97 Å². The predicted molar refractivity (Wildman–Crippen MR) is 70.5 cm³/mol. The molecule has 0 saturated carbocycles. The first-order valence-corrected chi connectivity index (χ1v) is 6.38. The van der Waals surface area contributed by atoms with Gasteiger partial charge in [0.25, 0.3) is 0 Å². The highest BCUT2D eigenvalue weighted by Gasteiger charge is 2.29. The van der Waals surface area contributed by atoms with Crippen molar-refractivity contribution >= 4 is 11.9 Å². The van der Waals surface area contributed by atoms with E-state index in [-0.39, 0.29) is 24.4 Å². The van der Waals surface area contributed by atoms with Crippen molar-refractivity contribution in [2.24, 2.45) is 0 Å². The number of carbonyl (C=O) groups is 2. The van der Waals surface area contributed by atoms with Crippen molar-refractivity contribution in [2.75, 3.05) is 0 Å². The van der Waals surface area contributed by atoms with Gasteiger partial charge in [-0.05, 0) is 17.5 Å². The Morgan fingerprint density at radius 2 is 2.21 bits per heavy atom. The summed E-state index contributed by atoms with van der Waals surface area (Å²) in [6, 6.07) is 7.80. The monoisotopic (exact) mass is 262 g/mol. The van der Waals surface area contributed by atoms with Crippen LogP contribution in [0.15, 0.2) is 24.3 Å². The Bertz CT molecular complexity index is 487. The van der Waals surface area contributed by atoms with Gasteiger partial charge >= 0.3 is 5.97 Å². The van der Waals surface area contributed by atoms with Gasteiger partial charge in [-0.2, -0.15) is 0 Å². The van der Waals surface area contributed by atoms with Crippen molar-refractivity contribution < 1.29 is 14.7 Å². The molecule has 0 spiro atoms. The summed E-state index contributed by atoms with van der Waals surface area (Å²) in [5.74, 6) is -0.983. The second kappa shape index (κ2) is 5.84. The minimum absolute atomic E-state index is 0.0144. The van der Waals surface area contributed by atoms with Crippen molar-refractivity contribution in [3.63, 3.8) is 0 Å². The lowest BCUT2D eigenvalue weighted by molar-refractivity contribution is -0.137. The third-order valence-corrected chi connectivity index (χ3v) is 3.36. The topological polar surface area (TPSA) is 78.4 Å². The van der Waals surface area contributed by atoms with Crippen LogP contribution in [0.2, 0.25) is 0 Å². The maximum atomic E-state index is 11.3. The maximum absolute atomic E-state index is 11.3. The molecule has 102 valence electrons. The van der Waals surface area contributed by atoms with Gasteiger partial charge in [0.05, 0.1) is 6.04 Å². The van der Waals surface area contributed by atoms with Crippen molar-refractivity contribution in [2.45, 2.75) is 38.4 Å². The van der Waals surface area contributed by atoms with Crippen molar-refractivity contribution in [1.29, 1.82) is 0 Å². The predicted octanol–water partition coefficient (Wildman–Crippen LogP) is 1.20. The van der Waals surface area contributed by atoms with Crippen LogP contribution in [0, 0.1) is 0 Å². The summed E-state index contributed by atoms with van der Waals surface area (Å²) in [6.45, 7) is 2.21. The zero-order chi connectivity index (χ0) is 13.8. The van der Waals surface area contributed by atoms with Crippen LogP contribution < -0.4 is 10.6 Å². The molecule has 0 saturated heterocycles. The van der Waals surface area contributed by atoms with Crippen LogP contribution in [-0.4, -0.2) is 23.0 Å². The molecule has 3 N–H and O–H groups in total. The SMILES string of the molecule is CC(=O)NC(CCC(=O)O)C1NCc2ccccc21. The van der Waals surface area contributed by atoms with Gasteiger partial charge in [-0.3, -0.25) is 9.59 Å². The molecule has 0 bridgehead atoms. The highest BCUT2D eigenvalue weighted by Crippen LogP contribution is 2.29. The maximum Gasteiger partial charge on any atom is 0.303 e. The number of carboxylic acids is 1. The van der Waals surface area contributed by atoms with Crippen LogP contribution in [0.25, 0.3) is 0 Å². The van der Waals surface area contributed by atoms with Gasteiger partial charge in [0.1, 0.15) is 0 Å². The molecule has 1 aromatic carbocycles. The molecule has 1 aliphatic rings. The number of benzene rings is 1. The van der Waals surface area contributed by atoms with E-state index in [9.17, 15) is 9.59 Å². The molecule has 0 aromatic heterocycles. The van der Waals surface area contributed by atoms with Crippen molar-refractivity contribution in [3.05, 3.63) is 35.4 Å². The number of hydrogen-bond acceptors (Lipinski definition) is 3. The third kappa shape index (κ3) is 3.32. The Morgan fingerprint density at radius 3 is 2.89 bits per heavy atom. The number of carboxylic acid groups (broad SMARTS) is 1. The van der Waals surface area contributed by atoms with Gasteiger partial charge in [-0.15, -0.1) is 0 Å². The second-order valence-electron chi connectivity index (χ2n) is 4.80. The lowest BCUT2D eigenvalue weighted by Gasteiger charge is -2.25. The molecule has 2 atom stereocenters. The molecule has 1 aromatic rings. The molecular formula is C14H18N2O3. The summed E-state index contributed by atoms with van der Waals surface area (Å²) in [7, 11) is 0. The van der Waals surface area contributed by atoms with Crippen LogP contribution in [0.3, 0.4) is 0 Å². The van der Waals surface area contributed by atoms with E-state index in [1.165, 1.54) is 12.5 Å². The quantitative estimate of drug-likeness (QED) is 0.745. The Labute approximate surface area is 112 Å². The lowest BCUT2D eigenvalue weighted by Crippen LogP contribution is -2.41. The van der Waals surface area contributed by atoms with E-state index in [0.29, 0.717) is 6.42 Å². The molecule has 0 aliphatic carbocycles. The van der Waals surface area contributed by atoms with E-state index in [4.69, 9.17) is 5.11 Å². The molecule has 2 unspecified atom stereocenters. The molecule has 1 aliphatic heterocycles. The molecule has 19 heavy (non-hydrogen) atoms. The van der Waals surface area contributed by atoms with Crippen LogP contribution in [-0.2, 0) is 16.1 Å². The Hall–Kier alpha value is -1.88. The van der Waals surface area contributed by atoms with Gasteiger partial charge in [0, 0.05) is 25.9 Å². The lowest BCUT2D eigenvalue weighted by atomic mass is 9.95. The fourth-order valence-electron chi connectivity index (χ4n) is 2.55. The normalized spacial score (nSPS) is 18.7. The fraction of sp³-hybridized carbons (Fsp3) is 0.429. The summed E-state index contributed by atoms with van der Waals surface area (Å²) in [5, 5.41) is 15.0. The van der Waals surface area contributed by atoms with Crippen molar-refractivity contribution in [3.8, 4) is 0 Å². The van der Waals surface area contributed by atoms with E-state index in [0.717, 1.165) is 12.1 Å². The first kappa shape index (κ1) is 13.5. The number of nitrogens with one attached hydrogen (secondary N) is 2.